The summed E-state index contributed by atoms with van der Waals surface area (Å²) in [4.78, 5) is 0. The van der Waals surface area contributed by atoms with Crippen molar-refractivity contribution >= 4 is 26.2 Å². The second-order valence-electron chi connectivity index (χ2n) is 0. The maximum atomic E-state index is 0. The van der Waals surface area contributed by atoms with Crippen LogP contribution >= 0.6 is 0 Å². The maximum Gasteiger partial charge on any atom is 3.00 e. The molecule has 2 radical (unpaired) electrons. The molecule has 0 bridgehead atoms. The number of hydrogen-bond donors (Lipinski definition) is 0. The molecule has 0 saturated heterocycles. The van der Waals surface area contributed by atoms with Crippen molar-refractivity contribution in [2.24, 2.45) is 0 Å². The van der Waals surface area contributed by atoms with Crippen LogP contribution in [0, 0.1) is 0 Å². The normalized spacial score (nSPS) is 0. The molecular formula is BiCl4Na. The van der Waals surface area contributed by atoms with Gasteiger partial charge in [0.15, 0.2) is 0 Å². The molecule has 0 nitrogen and oxygen atoms in total. The van der Waals surface area contributed by atoms with Gasteiger partial charge in [-0.15, -0.1) is 0 Å². The van der Waals surface area contributed by atoms with E-state index in [0.717, 1.165) is 0 Å². The first kappa shape index (κ1) is 63.2. The molecule has 0 aromatic heterocycles. The molecule has 0 aliphatic heterocycles. The maximum absolute atomic E-state index is 0. The smallest absolute Gasteiger partial charge is 1.00 e. The Labute approximate surface area is 104 Å². The van der Waals surface area contributed by atoms with Crippen LogP contribution in [0.4, 0.5) is 0 Å². The Morgan fingerprint density at radius 3 is 0.500 bits per heavy atom. The molecule has 0 N–H and O–H groups in total. The molecule has 0 rings (SSSR count). The molecule has 0 aromatic carbocycles. The fraction of sp³-hybridized carbons (Fsp3) is 0. The second-order valence-corrected chi connectivity index (χ2v) is 0. The van der Waals surface area contributed by atoms with Gasteiger partial charge in [-0.2, -0.15) is 0 Å². The van der Waals surface area contributed by atoms with E-state index in [1.807, 2.05) is 0 Å². The van der Waals surface area contributed by atoms with Crippen molar-refractivity contribution in [2.45, 2.75) is 0 Å². The van der Waals surface area contributed by atoms with E-state index in [9.17, 15) is 0 Å². The van der Waals surface area contributed by atoms with Crippen LogP contribution in [0.25, 0.3) is 0 Å². The Morgan fingerprint density at radius 2 is 0.500 bits per heavy atom. The van der Waals surface area contributed by atoms with E-state index in [4.69, 9.17) is 0 Å². The molecule has 0 spiro atoms. The molecule has 0 fully saturated rings. The van der Waals surface area contributed by atoms with Crippen molar-refractivity contribution in [1.82, 2.24) is 0 Å². The van der Waals surface area contributed by atoms with E-state index in [1.54, 1.807) is 0 Å². The summed E-state index contributed by atoms with van der Waals surface area (Å²) in [6.07, 6.45) is 0. The van der Waals surface area contributed by atoms with E-state index < -0.39 is 0 Å². The van der Waals surface area contributed by atoms with Crippen molar-refractivity contribution in [3.8, 4) is 0 Å². The zero-order valence-corrected chi connectivity index (χ0v) is 11.5. The zero-order chi connectivity index (χ0) is 0. The largest absolute Gasteiger partial charge is 3.00 e. The predicted molar refractivity (Wildman–Crippen MR) is 5.75 cm³/mol. The minimum Gasteiger partial charge on any atom is -1.00 e. The Morgan fingerprint density at radius 1 is 0.500 bits per heavy atom. The number of hydrogen-bond acceptors (Lipinski definition) is 0. The molecule has 6 heavy (non-hydrogen) atoms. The summed E-state index contributed by atoms with van der Waals surface area (Å²) in [6, 6.07) is 0. The molecule has 34 valence electrons. The quantitative estimate of drug-likeness (QED) is 0.370. The van der Waals surface area contributed by atoms with Crippen molar-refractivity contribution in [2.75, 3.05) is 0 Å². The summed E-state index contributed by atoms with van der Waals surface area (Å²) < 4.78 is 0. The van der Waals surface area contributed by atoms with Crippen LogP contribution in [0.1, 0.15) is 0 Å². The molecule has 6 heteroatoms. The van der Waals surface area contributed by atoms with Crippen LogP contribution in [-0.4, -0.2) is 26.2 Å². The van der Waals surface area contributed by atoms with Crippen molar-refractivity contribution in [3.05, 3.63) is 0 Å². The van der Waals surface area contributed by atoms with E-state index in [2.05, 4.69) is 0 Å². The molecule has 0 aliphatic carbocycles. The van der Waals surface area contributed by atoms with Gasteiger partial charge in [0, 0.05) is 0 Å². The Hall–Kier alpha value is 3.04. The fourth-order valence-electron chi connectivity index (χ4n) is 0. The van der Waals surface area contributed by atoms with Crippen molar-refractivity contribution in [3.63, 3.8) is 0 Å². The number of halogens is 4. The SMILES string of the molecule is [Bi+3].[Cl-].[Cl-].[Cl-].[Cl-].[Na+]. The van der Waals surface area contributed by atoms with Crippen LogP contribution < -0.4 is 79.2 Å². The summed E-state index contributed by atoms with van der Waals surface area (Å²) in [5, 5.41) is 0. The van der Waals surface area contributed by atoms with Gasteiger partial charge in [-0.3, -0.25) is 0 Å². The summed E-state index contributed by atoms with van der Waals surface area (Å²) in [5.41, 5.74) is 0. The zero-order valence-electron chi connectivity index (χ0n) is 2.96. The average molecular weight is 374 g/mol. The minimum absolute atomic E-state index is 0. The monoisotopic (exact) mass is 372 g/mol. The Bertz CT molecular complexity index is 7.51. The third-order valence-electron chi connectivity index (χ3n) is 0. The molecule has 0 atom stereocenters. The fourth-order valence-corrected chi connectivity index (χ4v) is 0. The molecule has 0 unspecified atom stereocenters. The van der Waals surface area contributed by atoms with E-state index in [1.165, 1.54) is 0 Å². The van der Waals surface area contributed by atoms with Crippen LogP contribution in [-0.2, 0) is 0 Å². The van der Waals surface area contributed by atoms with Crippen LogP contribution in [0.15, 0.2) is 0 Å². The van der Waals surface area contributed by atoms with Gasteiger partial charge in [-0.05, 0) is 0 Å². The molecule has 0 heterocycles. The standard InChI is InChI=1S/Bi.4ClH.Na/h;4*1H;/q+3;;;;;+1/p-4. The predicted octanol–water partition coefficient (Wildman–Crippen LogP) is -15.4. The van der Waals surface area contributed by atoms with Gasteiger partial charge in [0.1, 0.15) is 0 Å². The van der Waals surface area contributed by atoms with Gasteiger partial charge >= 0.3 is 55.8 Å². The van der Waals surface area contributed by atoms with E-state index in [0.29, 0.717) is 0 Å². The minimum atomic E-state index is 0. The average Bonchev–Trinajstić information content (AvgIpc) is 0. The first-order valence-electron chi connectivity index (χ1n) is 0. The first-order valence-corrected chi connectivity index (χ1v) is 0. The van der Waals surface area contributed by atoms with Crippen LogP contribution in [0.3, 0.4) is 0 Å². The summed E-state index contributed by atoms with van der Waals surface area (Å²) >= 11 is 0. The molecule has 0 aliphatic rings. The van der Waals surface area contributed by atoms with Gasteiger partial charge in [-0.1, -0.05) is 0 Å². The number of rotatable bonds is 0. The van der Waals surface area contributed by atoms with Gasteiger partial charge in [0.25, 0.3) is 0 Å². The first-order chi connectivity index (χ1) is 0. The molecule has 0 amide bonds. The molecule has 0 saturated carbocycles. The third-order valence-corrected chi connectivity index (χ3v) is 0. The van der Waals surface area contributed by atoms with Crippen LogP contribution in [0.2, 0.25) is 0 Å². The summed E-state index contributed by atoms with van der Waals surface area (Å²) in [5.74, 6) is 0. The van der Waals surface area contributed by atoms with Crippen molar-refractivity contribution in [1.29, 1.82) is 0 Å². The summed E-state index contributed by atoms with van der Waals surface area (Å²) in [7, 11) is 0. The van der Waals surface area contributed by atoms with Crippen LogP contribution in [0.5, 0.6) is 0 Å². The third kappa shape index (κ3) is 27.8. The Kier molecular flexibility index (Phi) is 454. The summed E-state index contributed by atoms with van der Waals surface area (Å²) in [6.45, 7) is 0. The van der Waals surface area contributed by atoms with Crippen molar-refractivity contribution < 1.29 is 79.2 Å². The Balaban J connectivity index is 0. The second kappa shape index (κ2) is 43.1. The molecular weight excluding hydrogens is 374 g/mol. The topological polar surface area (TPSA) is 0 Å². The van der Waals surface area contributed by atoms with Gasteiger partial charge < -0.3 is 49.6 Å². The van der Waals surface area contributed by atoms with Gasteiger partial charge in [0.05, 0.1) is 0 Å². The van der Waals surface area contributed by atoms with Gasteiger partial charge in [-0.25, -0.2) is 0 Å². The van der Waals surface area contributed by atoms with E-state index in [-0.39, 0.29) is 105 Å². The van der Waals surface area contributed by atoms with E-state index >= 15 is 0 Å². The van der Waals surface area contributed by atoms with Gasteiger partial charge in [0.2, 0.25) is 0 Å². The molecule has 0 aromatic rings.